The second-order valence-corrected chi connectivity index (χ2v) is 4.19. The molecule has 0 bridgehead atoms. The third kappa shape index (κ3) is 2.82. The van der Waals surface area contributed by atoms with Gasteiger partial charge in [-0.2, -0.15) is 4.98 Å². The molecular weight excluding hydrogens is 208 g/mol. The summed E-state index contributed by atoms with van der Waals surface area (Å²) in [7, 11) is 3.64. The lowest BCUT2D eigenvalue weighted by Crippen LogP contribution is -2.40. The van der Waals surface area contributed by atoms with E-state index in [9.17, 15) is 4.79 Å². The number of rotatable bonds is 4. The van der Waals surface area contributed by atoms with Crippen LogP contribution >= 0.6 is 0 Å². The maximum Gasteiger partial charge on any atom is 0.328 e. The van der Waals surface area contributed by atoms with E-state index in [1.807, 2.05) is 14.1 Å². The Hall–Kier alpha value is -1.85. The van der Waals surface area contributed by atoms with Gasteiger partial charge >= 0.3 is 5.97 Å². The van der Waals surface area contributed by atoms with Gasteiger partial charge in [0.2, 0.25) is 5.95 Å². The highest BCUT2D eigenvalue weighted by Crippen LogP contribution is 2.14. The molecule has 1 heterocycles. The number of carbonyl (C=O) groups is 1. The summed E-state index contributed by atoms with van der Waals surface area (Å²) in [6.07, 6.45) is 1.59. The quantitative estimate of drug-likeness (QED) is 0.788. The fourth-order valence-electron chi connectivity index (χ4n) is 1.01. The smallest absolute Gasteiger partial charge is 0.328 e. The first-order valence-corrected chi connectivity index (χ1v) is 4.85. The van der Waals surface area contributed by atoms with Crippen LogP contribution in [0.5, 0.6) is 0 Å². The molecule has 0 aliphatic rings. The summed E-state index contributed by atoms with van der Waals surface area (Å²) < 4.78 is 0. The maximum absolute atomic E-state index is 10.9. The Labute approximate surface area is 94.3 Å². The Kier molecular flexibility index (Phi) is 3.31. The van der Waals surface area contributed by atoms with Crippen LogP contribution in [-0.2, 0) is 4.79 Å². The summed E-state index contributed by atoms with van der Waals surface area (Å²) in [5.74, 6) is 0.0924. The Balaban J connectivity index is 2.90. The van der Waals surface area contributed by atoms with Crippen LogP contribution < -0.4 is 10.2 Å². The first kappa shape index (κ1) is 12.2. The van der Waals surface area contributed by atoms with Crippen molar-refractivity contribution >= 4 is 17.7 Å². The molecule has 0 aliphatic carbocycles. The molecule has 0 spiro atoms. The van der Waals surface area contributed by atoms with E-state index in [1.165, 1.54) is 0 Å². The van der Waals surface area contributed by atoms with Gasteiger partial charge in [-0.25, -0.2) is 9.78 Å². The van der Waals surface area contributed by atoms with Crippen molar-refractivity contribution in [1.82, 2.24) is 9.97 Å². The number of carboxylic acids is 1. The number of nitrogens with zero attached hydrogens (tertiary/aromatic N) is 3. The minimum atomic E-state index is -1.06. The predicted octanol–water partition coefficient (Wildman–Crippen LogP) is 0.818. The van der Waals surface area contributed by atoms with Crippen LogP contribution in [0, 0.1) is 0 Å². The van der Waals surface area contributed by atoms with Crippen molar-refractivity contribution < 1.29 is 9.90 Å². The maximum atomic E-state index is 10.9. The zero-order valence-corrected chi connectivity index (χ0v) is 9.85. The lowest BCUT2D eigenvalue weighted by molar-refractivity contribution is -0.141. The molecule has 6 heteroatoms. The van der Waals surface area contributed by atoms with Gasteiger partial charge in [0, 0.05) is 20.3 Å². The van der Waals surface area contributed by atoms with E-state index in [-0.39, 0.29) is 0 Å². The summed E-state index contributed by atoms with van der Waals surface area (Å²) in [6, 6.07) is 1.64. The van der Waals surface area contributed by atoms with Crippen LogP contribution in [0.2, 0.25) is 0 Å². The molecular formula is C10H16N4O2. The minimum Gasteiger partial charge on any atom is -0.480 e. The number of nitrogens with one attached hydrogen (secondary N) is 1. The molecule has 0 unspecified atom stereocenters. The van der Waals surface area contributed by atoms with Crippen LogP contribution in [-0.4, -0.2) is 40.7 Å². The molecule has 0 radical (unpaired) electrons. The number of aliphatic carboxylic acids is 1. The number of hydrogen-bond donors (Lipinski definition) is 2. The van der Waals surface area contributed by atoms with Gasteiger partial charge in [0.25, 0.3) is 0 Å². The first-order chi connectivity index (χ1) is 7.33. The average Bonchev–Trinajstić information content (AvgIpc) is 2.17. The van der Waals surface area contributed by atoms with E-state index in [1.54, 1.807) is 31.0 Å². The highest BCUT2D eigenvalue weighted by atomic mass is 16.4. The standard InChI is InChI=1S/C10H16N4O2/c1-10(2,8(15)16)13-7-5-6-11-9(12-7)14(3)4/h5-6H,1-4H3,(H,15,16)(H,11,12,13). The molecule has 1 aromatic heterocycles. The van der Waals surface area contributed by atoms with Gasteiger partial charge in [0.15, 0.2) is 0 Å². The van der Waals surface area contributed by atoms with Gasteiger partial charge < -0.3 is 15.3 Å². The van der Waals surface area contributed by atoms with Crippen molar-refractivity contribution in [3.05, 3.63) is 12.3 Å². The summed E-state index contributed by atoms with van der Waals surface area (Å²) in [6.45, 7) is 3.15. The highest BCUT2D eigenvalue weighted by molar-refractivity contribution is 5.81. The monoisotopic (exact) mass is 224 g/mol. The second kappa shape index (κ2) is 4.34. The second-order valence-electron chi connectivity index (χ2n) is 4.19. The minimum absolute atomic E-state index is 0.492. The van der Waals surface area contributed by atoms with Crippen LogP contribution in [0.3, 0.4) is 0 Å². The van der Waals surface area contributed by atoms with Crippen LogP contribution in [0.4, 0.5) is 11.8 Å². The topological polar surface area (TPSA) is 78.4 Å². The zero-order chi connectivity index (χ0) is 12.3. The molecule has 1 aromatic rings. The molecule has 0 amide bonds. The third-order valence-corrected chi connectivity index (χ3v) is 2.02. The number of aromatic nitrogens is 2. The molecule has 2 N–H and O–H groups in total. The average molecular weight is 224 g/mol. The van der Waals surface area contributed by atoms with E-state index in [4.69, 9.17) is 5.11 Å². The molecule has 0 saturated heterocycles. The molecule has 0 saturated carbocycles. The van der Waals surface area contributed by atoms with Gasteiger partial charge in [-0.15, -0.1) is 0 Å². The SMILES string of the molecule is CN(C)c1nccc(NC(C)(C)C(=O)O)n1. The van der Waals surface area contributed by atoms with Gasteiger partial charge in [0.1, 0.15) is 11.4 Å². The Morgan fingerprint density at radius 2 is 2.12 bits per heavy atom. The highest BCUT2D eigenvalue weighted by Gasteiger charge is 2.27. The van der Waals surface area contributed by atoms with Crippen molar-refractivity contribution in [2.75, 3.05) is 24.3 Å². The molecule has 0 aromatic carbocycles. The number of carboxylic acid groups (broad SMARTS) is 1. The van der Waals surface area contributed by atoms with Crippen molar-refractivity contribution in [1.29, 1.82) is 0 Å². The largest absolute Gasteiger partial charge is 0.480 e. The molecule has 0 aliphatic heterocycles. The fraction of sp³-hybridized carbons (Fsp3) is 0.500. The van der Waals surface area contributed by atoms with Crippen LogP contribution in [0.1, 0.15) is 13.8 Å². The molecule has 88 valence electrons. The Morgan fingerprint density at radius 1 is 1.50 bits per heavy atom. The molecule has 16 heavy (non-hydrogen) atoms. The molecule has 6 nitrogen and oxygen atoms in total. The van der Waals surface area contributed by atoms with Gasteiger partial charge in [-0.1, -0.05) is 0 Å². The lowest BCUT2D eigenvalue weighted by Gasteiger charge is -2.22. The summed E-state index contributed by atoms with van der Waals surface area (Å²) in [4.78, 5) is 20.9. The predicted molar refractivity (Wildman–Crippen MR) is 61.7 cm³/mol. The fourth-order valence-corrected chi connectivity index (χ4v) is 1.01. The van der Waals surface area contributed by atoms with E-state index >= 15 is 0 Å². The van der Waals surface area contributed by atoms with E-state index in [0.29, 0.717) is 11.8 Å². The lowest BCUT2D eigenvalue weighted by atomic mass is 10.1. The molecule has 1 rings (SSSR count). The summed E-state index contributed by atoms with van der Waals surface area (Å²) in [5, 5.41) is 11.8. The Morgan fingerprint density at radius 3 is 2.62 bits per heavy atom. The van der Waals surface area contributed by atoms with Gasteiger partial charge in [-0.05, 0) is 19.9 Å². The Bertz CT molecular complexity index is 390. The first-order valence-electron chi connectivity index (χ1n) is 4.85. The van der Waals surface area contributed by atoms with Crippen molar-refractivity contribution in [3.63, 3.8) is 0 Å². The van der Waals surface area contributed by atoms with E-state index < -0.39 is 11.5 Å². The van der Waals surface area contributed by atoms with Crippen molar-refractivity contribution in [2.24, 2.45) is 0 Å². The molecule has 0 atom stereocenters. The summed E-state index contributed by atoms with van der Waals surface area (Å²) >= 11 is 0. The van der Waals surface area contributed by atoms with Gasteiger partial charge in [-0.3, -0.25) is 0 Å². The zero-order valence-electron chi connectivity index (χ0n) is 9.85. The molecule has 0 fully saturated rings. The van der Waals surface area contributed by atoms with Crippen molar-refractivity contribution in [2.45, 2.75) is 19.4 Å². The summed E-state index contributed by atoms with van der Waals surface area (Å²) in [5.41, 5.74) is -1.06. The van der Waals surface area contributed by atoms with Crippen molar-refractivity contribution in [3.8, 4) is 0 Å². The number of hydrogen-bond acceptors (Lipinski definition) is 5. The third-order valence-electron chi connectivity index (χ3n) is 2.02. The van der Waals surface area contributed by atoms with Crippen LogP contribution in [0.15, 0.2) is 12.3 Å². The van der Waals surface area contributed by atoms with Gasteiger partial charge in [0.05, 0.1) is 0 Å². The normalized spacial score (nSPS) is 11.0. The van der Waals surface area contributed by atoms with E-state index in [0.717, 1.165) is 0 Å². The van der Waals surface area contributed by atoms with E-state index in [2.05, 4.69) is 15.3 Å². The number of anilines is 2. The van der Waals surface area contributed by atoms with Crippen LogP contribution in [0.25, 0.3) is 0 Å².